The van der Waals surface area contributed by atoms with Crippen molar-refractivity contribution in [2.75, 3.05) is 0 Å². The lowest BCUT2D eigenvalue weighted by atomic mass is 10.0. The van der Waals surface area contributed by atoms with E-state index in [1.54, 1.807) is 12.5 Å². The first-order chi connectivity index (χ1) is 8.02. The number of rotatable bonds is 5. The summed E-state index contributed by atoms with van der Waals surface area (Å²) in [5.41, 5.74) is 5.66. The number of hydrogen-bond donors (Lipinski definition) is 1. The maximum Gasteiger partial charge on any atom is 0.271 e. The zero-order valence-corrected chi connectivity index (χ0v) is 8.92. The molecule has 0 aliphatic rings. The Morgan fingerprint density at radius 1 is 1.53 bits per heavy atom. The van der Waals surface area contributed by atoms with E-state index in [0.717, 1.165) is 0 Å². The number of nitrogens with zero attached hydrogens (tertiary/aromatic N) is 2. The number of nitriles is 1. The summed E-state index contributed by atoms with van der Waals surface area (Å²) in [5.74, 6) is -0.462. The number of benzene rings is 1. The summed E-state index contributed by atoms with van der Waals surface area (Å²) in [7, 11) is 0. The maximum atomic E-state index is 10.6. The van der Waals surface area contributed by atoms with E-state index in [0.29, 0.717) is 12.0 Å². The molecule has 1 radical (unpaired) electrons. The van der Waals surface area contributed by atoms with Crippen LogP contribution < -0.4 is 5.73 Å². The van der Waals surface area contributed by atoms with Gasteiger partial charge in [-0.15, -0.1) is 0 Å². The number of hydrogen-bond acceptors (Lipinski definition) is 4. The second-order valence-corrected chi connectivity index (χ2v) is 3.42. The SMILES string of the molecule is N#Cc1cc(C[CH]CC(N)=O)cc([N+](=O)[O-])c1. The molecule has 0 saturated carbocycles. The van der Waals surface area contributed by atoms with Crippen LogP contribution in [-0.2, 0) is 11.2 Å². The summed E-state index contributed by atoms with van der Waals surface area (Å²) in [6.45, 7) is 0. The zero-order chi connectivity index (χ0) is 12.8. The minimum atomic E-state index is -0.557. The number of amides is 1. The highest BCUT2D eigenvalue weighted by molar-refractivity contribution is 5.74. The number of nitrogens with two attached hydrogens (primary N) is 1. The van der Waals surface area contributed by atoms with Crippen molar-refractivity contribution in [2.45, 2.75) is 12.8 Å². The summed E-state index contributed by atoms with van der Waals surface area (Å²) in [6.07, 6.45) is 2.08. The molecule has 0 atom stereocenters. The van der Waals surface area contributed by atoms with Crippen LogP contribution in [0.25, 0.3) is 0 Å². The molecule has 0 unspecified atom stereocenters. The molecule has 1 rings (SSSR count). The highest BCUT2D eigenvalue weighted by atomic mass is 16.6. The van der Waals surface area contributed by atoms with Crippen molar-refractivity contribution >= 4 is 11.6 Å². The van der Waals surface area contributed by atoms with Crippen molar-refractivity contribution < 1.29 is 9.72 Å². The molecule has 0 saturated heterocycles. The first kappa shape index (κ1) is 12.6. The van der Waals surface area contributed by atoms with Crippen LogP contribution in [0.5, 0.6) is 0 Å². The number of carbonyl (C=O) groups is 1. The first-order valence-electron chi connectivity index (χ1n) is 4.81. The van der Waals surface area contributed by atoms with E-state index in [-0.39, 0.29) is 17.7 Å². The van der Waals surface area contributed by atoms with Crippen LogP contribution in [0.15, 0.2) is 18.2 Å². The van der Waals surface area contributed by atoms with Crippen molar-refractivity contribution in [2.24, 2.45) is 5.73 Å². The standard InChI is InChI=1S/C11H10N3O3/c12-7-9-4-8(2-1-3-11(13)15)5-10(6-9)14(16)17/h1,4-6H,2-3H2,(H2,13,15). The molecule has 87 valence electrons. The molecule has 1 aromatic rings. The Morgan fingerprint density at radius 3 is 2.76 bits per heavy atom. The summed E-state index contributed by atoms with van der Waals surface area (Å²) >= 11 is 0. The largest absolute Gasteiger partial charge is 0.370 e. The number of primary amides is 1. The molecular weight excluding hydrogens is 222 g/mol. The van der Waals surface area contributed by atoms with E-state index in [9.17, 15) is 14.9 Å². The lowest BCUT2D eigenvalue weighted by Crippen LogP contribution is -2.10. The Morgan fingerprint density at radius 2 is 2.24 bits per heavy atom. The van der Waals surface area contributed by atoms with Gasteiger partial charge in [0.15, 0.2) is 0 Å². The first-order valence-corrected chi connectivity index (χ1v) is 4.81. The van der Waals surface area contributed by atoms with Crippen LogP contribution >= 0.6 is 0 Å². The van der Waals surface area contributed by atoms with Crippen LogP contribution in [0.3, 0.4) is 0 Å². The lowest BCUT2D eigenvalue weighted by molar-refractivity contribution is -0.384. The molecule has 1 amide bonds. The van der Waals surface area contributed by atoms with Crippen molar-refractivity contribution in [3.8, 4) is 6.07 Å². The van der Waals surface area contributed by atoms with E-state index in [4.69, 9.17) is 11.0 Å². The molecule has 1 aromatic carbocycles. The molecule has 0 aromatic heterocycles. The molecule has 2 N–H and O–H groups in total. The molecule has 0 aliphatic heterocycles. The summed E-state index contributed by atoms with van der Waals surface area (Å²) in [5, 5.41) is 19.3. The van der Waals surface area contributed by atoms with Crippen LogP contribution in [-0.4, -0.2) is 10.8 Å². The Kier molecular flexibility index (Phi) is 4.17. The van der Waals surface area contributed by atoms with E-state index in [1.807, 2.05) is 6.07 Å². The molecule has 0 heterocycles. The average molecular weight is 232 g/mol. The van der Waals surface area contributed by atoms with Gasteiger partial charge in [-0.1, -0.05) is 0 Å². The fraction of sp³-hybridized carbons (Fsp3) is 0.182. The molecular formula is C11H10N3O3. The van der Waals surface area contributed by atoms with Gasteiger partial charge in [0.05, 0.1) is 16.6 Å². The third kappa shape index (κ3) is 3.91. The van der Waals surface area contributed by atoms with Gasteiger partial charge in [-0.2, -0.15) is 5.26 Å². The number of nitro groups is 1. The minimum absolute atomic E-state index is 0.102. The van der Waals surface area contributed by atoms with Gasteiger partial charge < -0.3 is 5.73 Å². The Labute approximate surface area is 97.8 Å². The van der Waals surface area contributed by atoms with Gasteiger partial charge in [0, 0.05) is 18.6 Å². The molecule has 6 heteroatoms. The quantitative estimate of drug-likeness (QED) is 0.605. The van der Waals surface area contributed by atoms with E-state index >= 15 is 0 Å². The molecule has 0 bridgehead atoms. The Bertz CT molecular complexity index is 491. The fourth-order valence-electron chi connectivity index (χ4n) is 1.34. The second kappa shape index (κ2) is 5.61. The van der Waals surface area contributed by atoms with E-state index in [2.05, 4.69) is 0 Å². The van der Waals surface area contributed by atoms with Gasteiger partial charge in [-0.25, -0.2) is 0 Å². The topological polar surface area (TPSA) is 110 Å². The molecule has 17 heavy (non-hydrogen) atoms. The second-order valence-electron chi connectivity index (χ2n) is 3.42. The summed E-state index contributed by atoms with van der Waals surface area (Å²) < 4.78 is 0. The van der Waals surface area contributed by atoms with Crippen molar-refractivity contribution in [1.82, 2.24) is 0 Å². The monoisotopic (exact) mass is 232 g/mol. The van der Waals surface area contributed by atoms with Gasteiger partial charge in [0.25, 0.3) is 5.69 Å². The van der Waals surface area contributed by atoms with Gasteiger partial charge in [-0.3, -0.25) is 14.9 Å². The van der Waals surface area contributed by atoms with E-state index < -0.39 is 10.8 Å². The smallest absolute Gasteiger partial charge is 0.271 e. The maximum absolute atomic E-state index is 10.6. The van der Waals surface area contributed by atoms with E-state index in [1.165, 1.54) is 12.1 Å². The lowest BCUT2D eigenvalue weighted by Gasteiger charge is -2.01. The Hall–Kier alpha value is -2.42. The third-order valence-electron chi connectivity index (χ3n) is 2.04. The predicted molar refractivity (Wildman–Crippen MR) is 59.6 cm³/mol. The third-order valence-corrected chi connectivity index (χ3v) is 2.04. The van der Waals surface area contributed by atoms with Gasteiger partial charge >= 0.3 is 0 Å². The summed E-state index contributed by atoms with van der Waals surface area (Å²) in [6, 6.07) is 5.98. The fourth-order valence-corrected chi connectivity index (χ4v) is 1.34. The number of non-ortho nitro benzene ring substituents is 1. The molecule has 0 spiro atoms. The highest BCUT2D eigenvalue weighted by Gasteiger charge is 2.09. The highest BCUT2D eigenvalue weighted by Crippen LogP contribution is 2.18. The normalized spacial score (nSPS) is 9.59. The van der Waals surface area contributed by atoms with Gasteiger partial charge in [0.1, 0.15) is 0 Å². The summed E-state index contributed by atoms with van der Waals surface area (Å²) in [4.78, 5) is 20.6. The predicted octanol–water partition coefficient (Wildman–Crippen LogP) is 1.09. The van der Waals surface area contributed by atoms with Gasteiger partial charge in [-0.05, 0) is 24.5 Å². The van der Waals surface area contributed by atoms with Gasteiger partial charge in [0.2, 0.25) is 5.91 Å². The van der Waals surface area contributed by atoms with Crippen LogP contribution in [0.2, 0.25) is 0 Å². The van der Waals surface area contributed by atoms with Crippen molar-refractivity contribution in [3.63, 3.8) is 0 Å². The van der Waals surface area contributed by atoms with Crippen molar-refractivity contribution in [1.29, 1.82) is 5.26 Å². The van der Waals surface area contributed by atoms with Crippen LogP contribution in [0.1, 0.15) is 17.5 Å². The Balaban J connectivity index is 2.85. The van der Waals surface area contributed by atoms with Crippen LogP contribution in [0.4, 0.5) is 5.69 Å². The van der Waals surface area contributed by atoms with Crippen LogP contribution in [0, 0.1) is 27.9 Å². The molecule has 6 nitrogen and oxygen atoms in total. The number of carbonyl (C=O) groups excluding carboxylic acids is 1. The number of nitro benzene ring substituents is 1. The average Bonchev–Trinajstić information content (AvgIpc) is 2.28. The minimum Gasteiger partial charge on any atom is -0.370 e. The molecule has 0 fully saturated rings. The van der Waals surface area contributed by atoms with Crippen molar-refractivity contribution in [3.05, 3.63) is 45.9 Å². The zero-order valence-electron chi connectivity index (χ0n) is 8.92. The molecule has 0 aliphatic carbocycles.